The molecule has 0 saturated carbocycles. The predicted octanol–water partition coefficient (Wildman–Crippen LogP) is 1.61. The lowest BCUT2D eigenvalue weighted by Gasteiger charge is -2.23. The number of nitrogens with zero attached hydrogens (tertiary/aromatic N) is 1. The zero-order valence-corrected chi connectivity index (χ0v) is 8.20. The lowest BCUT2D eigenvalue weighted by atomic mass is 10.2. The summed E-state index contributed by atoms with van der Waals surface area (Å²) in [5, 5.41) is 0. The van der Waals surface area contributed by atoms with Crippen molar-refractivity contribution in [3.63, 3.8) is 0 Å². The van der Waals surface area contributed by atoms with E-state index < -0.39 is 0 Å². The lowest BCUT2D eigenvalue weighted by Crippen LogP contribution is -2.34. The summed E-state index contributed by atoms with van der Waals surface area (Å²) in [6, 6.07) is 6.05. The molecule has 13 heavy (non-hydrogen) atoms. The molecule has 0 radical (unpaired) electrons. The van der Waals surface area contributed by atoms with E-state index in [1.54, 1.807) is 0 Å². The highest BCUT2D eigenvalue weighted by molar-refractivity contribution is 5.54. The van der Waals surface area contributed by atoms with Crippen LogP contribution in [0.25, 0.3) is 0 Å². The van der Waals surface area contributed by atoms with Gasteiger partial charge in [0.05, 0.1) is 21.1 Å². The lowest BCUT2D eigenvalue weighted by molar-refractivity contribution is 0.174. The first-order chi connectivity index (χ1) is 6.07. The summed E-state index contributed by atoms with van der Waals surface area (Å²) in [6.45, 7) is 0.343. The second-order valence-electron chi connectivity index (χ2n) is 4.05. The van der Waals surface area contributed by atoms with Crippen LogP contribution in [0.2, 0.25) is 0 Å². The molecule has 1 aliphatic heterocycles. The fraction of sp³-hybridized carbons (Fsp3) is 0.400. The van der Waals surface area contributed by atoms with Gasteiger partial charge in [0.1, 0.15) is 5.69 Å². The average molecular weight is 180 g/mol. The molecule has 0 atom stereocenters. The number of fused-ring (bicyclic) bond motifs is 1. The molecule has 0 amide bonds. The molecule has 0 saturated heterocycles. The van der Waals surface area contributed by atoms with Crippen LogP contribution < -0.4 is 14.0 Å². The van der Waals surface area contributed by atoms with E-state index in [0.717, 1.165) is 16.0 Å². The molecule has 1 heterocycles. The third-order valence-corrected chi connectivity index (χ3v) is 2.13. The molecule has 2 rings (SSSR count). The minimum atomic E-state index is 0.343. The van der Waals surface area contributed by atoms with Crippen molar-refractivity contribution in [3.8, 4) is 11.5 Å². The van der Waals surface area contributed by atoms with Gasteiger partial charge in [0.15, 0.2) is 11.5 Å². The van der Waals surface area contributed by atoms with Crippen molar-refractivity contribution in [1.29, 1.82) is 0 Å². The van der Waals surface area contributed by atoms with E-state index in [4.69, 9.17) is 9.47 Å². The number of benzene rings is 1. The van der Waals surface area contributed by atoms with E-state index in [-0.39, 0.29) is 0 Å². The highest BCUT2D eigenvalue weighted by Crippen LogP contribution is 2.35. The first-order valence-electron chi connectivity index (χ1n) is 4.29. The van der Waals surface area contributed by atoms with Crippen molar-refractivity contribution in [1.82, 2.24) is 4.48 Å². The molecule has 70 valence electrons. The monoisotopic (exact) mass is 180 g/mol. The Morgan fingerprint density at radius 2 is 1.77 bits per heavy atom. The fourth-order valence-electron chi connectivity index (χ4n) is 1.30. The van der Waals surface area contributed by atoms with Gasteiger partial charge in [0, 0.05) is 12.1 Å². The van der Waals surface area contributed by atoms with E-state index in [2.05, 4.69) is 27.2 Å². The molecule has 1 aliphatic rings. The normalized spacial score (nSPS) is 14.7. The van der Waals surface area contributed by atoms with Crippen LogP contribution in [-0.2, 0) is 0 Å². The zero-order chi connectivity index (χ0) is 9.47. The van der Waals surface area contributed by atoms with Crippen LogP contribution in [0.1, 0.15) is 0 Å². The Hall–Kier alpha value is -1.22. The van der Waals surface area contributed by atoms with Crippen molar-refractivity contribution >= 4 is 5.69 Å². The maximum atomic E-state index is 5.30. The van der Waals surface area contributed by atoms with Gasteiger partial charge >= 0.3 is 0 Å². The molecule has 0 aliphatic carbocycles. The van der Waals surface area contributed by atoms with Crippen LogP contribution in [0.3, 0.4) is 0 Å². The second kappa shape index (κ2) is 2.64. The summed E-state index contributed by atoms with van der Waals surface area (Å²) >= 11 is 0. The predicted molar refractivity (Wildman–Crippen MR) is 52.1 cm³/mol. The van der Waals surface area contributed by atoms with Crippen LogP contribution >= 0.6 is 0 Å². The molecule has 0 bridgehead atoms. The van der Waals surface area contributed by atoms with Crippen LogP contribution in [0.5, 0.6) is 11.5 Å². The van der Waals surface area contributed by atoms with E-state index in [9.17, 15) is 0 Å². The highest BCUT2D eigenvalue weighted by atomic mass is 16.7. The van der Waals surface area contributed by atoms with Gasteiger partial charge in [-0.05, 0) is 6.07 Å². The summed E-state index contributed by atoms with van der Waals surface area (Å²) in [7, 11) is 6.37. The first kappa shape index (κ1) is 8.38. The molecular formula is C10H14NO2+. The minimum Gasteiger partial charge on any atom is -0.454 e. The second-order valence-corrected chi connectivity index (χ2v) is 4.05. The quantitative estimate of drug-likeness (QED) is 0.611. The molecule has 0 aromatic heterocycles. The third kappa shape index (κ3) is 1.47. The zero-order valence-electron chi connectivity index (χ0n) is 8.20. The first-order valence-corrected chi connectivity index (χ1v) is 4.29. The summed E-state index contributed by atoms with van der Waals surface area (Å²) in [5.74, 6) is 1.70. The molecule has 0 spiro atoms. The number of quaternary nitrogens is 1. The summed E-state index contributed by atoms with van der Waals surface area (Å²) in [4.78, 5) is 0. The van der Waals surface area contributed by atoms with Crippen LogP contribution in [0.15, 0.2) is 18.2 Å². The Morgan fingerprint density at radius 3 is 2.46 bits per heavy atom. The van der Waals surface area contributed by atoms with Crippen molar-refractivity contribution in [2.45, 2.75) is 0 Å². The molecule has 3 heteroatoms. The standard InChI is InChI=1S/C10H14NO2/c1-11(2,3)8-4-5-9-10(6-8)13-7-12-9/h4-6H,7H2,1-3H3/q+1. The van der Waals surface area contributed by atoms with Gasteiger partial charge in [-0.3, -0.25) is 4.48 Å². The fourth-order valence-corrected chi connectivity index (χ4v) is 1.30. The van der Waals surface area contributed by atoms with Crippen molar-refractivity contribution < 1.29 is 9.47 Å². The van der Waals surface area contributed by atoms with Gasteiger partial charge < -0.3 is 9.47 Å². The van der Waals surface area contributed by atoms with Crippen molar-refractivity contribution in [3.05, 3.63) is 18.2 Å². The van der Waals surface area contributed by atoms with Crippen molar-refractivity contribution in [2.75, 3.05) is 27.9 Å². The van der Waals surface area contributed by atoms with Gasteiger partial charge in [-0.2, -0.15) is 0 Å². The highest BCUT2D eigenvalue weighted by Gasteiger charge is 2.19. The van der Waals surface area contributed by atoms with Crippen LogP contribution in [0.4, 0.5) is 5.69 Å². The van der Waals surface area contributed by atoms with Gasteiger partial charge in [-0.1, -0.05) is 0 Å². The Bertz CT molecular complexity index is 328. The number of rotatable bonds is 1. The topological polar surface area (TPSA) is 18.5 Å². The molecular weight excluding hydrogens is 166 g/mol. The number of hydrogen-bond acceptors (Lipinski definition) is 2. The Balaban J connectivity index is 2.42. The molecule has 0 N–H and O–H groups in total. The maximum absolute atomic E-state index is 5.30. The summed E-state index contributed by atoms with van der Waals surface area (Å²) < 4.78 is 11.3. The number of ether oxygens (including phenoxy) is 2. The van der Waals surface area contributed by atoms with E-state index in [1.165, 1.54) is 5.69 Å². The van der Waals surface area contributed by atoms with Crippen LogP contribution in [0, 0.1) is 0 Å². The molecule has 3 nitrogen and oxygen atoms in total. The van der Waals surface area contributed by atoms with Gasteiger partial charge in [0.25, 0.3) is 0 Å². The summed E-state index contributed by atoms with van der Waals surface area (Å²) in [5.41, 5.74) is 1.21. The Morgan fingerprint density at radius 1 is 1.08 bits per heavy atom. The van der Waals surface area contributed by atoms with Crippen LogP contribution in [-0.4, -0.2) is 27.9 Å². The van der Waals surface area contributed by atoms with E-state index in [0.29, 0.717) is 6.79 Å². The minimum absolute atomic E-state index is 0.343. The maximum Gasteiger partial charge on any atom is 0.231 e. The smallest absolute Gasteiger partial charge is 0.231 e. The SMILES string of the molecule is C[N+](C)(C)c1ccc2c(c1)OCO2. The third-order valence-electron chi connectivity index (χ3n) is 2.13. The van der Waals surface area contributed by atoms with Gasteiger partial charge in [0.2, 0.25) is 6.79 Å². The number of hydrogen-bond donors (Lipinski definition) is 0. The molecule has 0 unspecified atom stereocenters. The van der Waals surface area contributed by atoms with E-state index >= 15 is 0 Å². The van der Waals surface area contributed by atoms with Crippen molar-refractivity contribution in [2.24, 2.45) is 0 Å². The van der Waals surface area contributed by atoms with E-state index in [1.807, 2.05) is 12.1 Å². The Labute approximate surface area is 78.1 Å². The van der Waals surface area contributed by atoms with Gasteiger partial charge in [-0.25, -0.2) is 0 Å². The summed E-state index contributed by atoms with van der Waals surface area (Å²) in [6.07, 6.45) is 0. The van der Waals surface area contributed by atoms with Gasteiger partial charge in [-0.15, -0.1) is 0 Å². The molecule has 1 aromatic carbocycles. The average Bonchev–Trinajstić information content (AvgIpc) is 2.47. The molecule has 0 fully saturated rings. The Kier molecular flexibility index (Phi) is 1.70. The molecule has 1 aromatic rings. The largest absolute Gasteiger partial charge is 0.454 e.